The van der Waals surface area contributed by atoms with Gasteiger partial charge in [0.25, 0.3) is 0 Å². The summed E-state index contributed by atoms with van der Waals surface area (Å²) < 4.78 is 96.6. The van der Waals surface area contributed by atoms with E-state index in [0.717, 1.165) is 98.8 Å². The van der Waals surface area contributed by atoms with Gasteiger partial charge in [-0.3, -0.25) is 52.2 Å². The summed E-state index contributed by atoms with van der Waals surface area (Å²) in [5.41, 5.74) is 8.72. The summed E-state index contributed by atoms with van der Waals surface area (Å²) in [7, 11) is -12.6. The third-order valence-electron chi connectivity index (χ3n) is 21.5. The van der Waals surface area contributed by atoms with E-state index in [4.69, 9.17) is 32.3 Å². The van der Waals surface area contributed by atoms with Gasteiger partial charge in [0, 0.05) is 50.8 Å². The van der Waals surface area contributed by atoms with E-state index in [9.17, 15) is 111 Å². The van der Waals surface area contributed by atoms with Gasteiger partial charge in [-0.15, -0.1) is 0 Å². The van der Waals surface area contributed by atoms with Crippen LogP contribution >= 0.6 is 15.6 Å². The number of nitrogens with zero attached hydrogens (tertiary/aromatic N) is 1. The lowest BCUT2D eigenvalue weighted by Gasteiger charge is -2.49. The fourth-order valence-electron chi connectivity index (χ4n) is 14.0. The number of aliphatic hydroxyl groups excluding tert-OH is 4. The minimum absolute atomic E-state index is 0.102. The van der Waals surface area contributed by atoms with Crippen LogP contribution in [0.15, 0.2) is 111 Å². The maximum Gasteiger partial charge on any atom is 0.483 e. The third kappa shape index (κ3) is 39.8. The monoisotopic (exact) mass is 1880 g/mol. The lowest BCUT2D eigenvalue weighted by molar-refractivity contribution is -0.331. The summed E-state index contributed by atoms with van der Waals surface area (Å²) in [5.74, 6) is -12.3. The van der Waals surface area contributed by atoms with Crippen molar-refractivity contribution in [1.82, 2.24) is 41.9 Å². The fourth-order valence-corrected chi connectivity index (χ4v) is 17.7. The second-order valence-corrected chi connectivity index (χ2v) is 38.1. The van der Waals surface area contributed by atoms with Gasteiger partial charge in [0.05, 0.1) is 24.7 Å². The molecular weight excluding hydrogens is 1750 g/mol. The number of nitrogens with one attached hydrogen (secondary N) is 8. The lowest BCUT2D eigenvalue weighted by atomic mass is 9.94. The number of aliphatic carboxylic acids is 3. The van der Waals surface area contributed by atoms with Crippen LogP contribution < -0.4 is 46.8 Å². The normalized spacial score (nSPS) is 22.4. The average molecular weight is 1880 g/mol. The Balaban J connectivity index is 1.47. The molecule has 0 aliphatic carbocycles. The van der Waals surface area contributed by atoms with Gasteiger partial charge in [0.1, 0.15) is 91.1 Å². The van der Waals surface area contributed by atoms with Gasteiger partial charge in [-0.25, -0.2) is 22.3 Å². The van der Waals surface area contributed by atoms with E-state index in [-0.39, 0.29) is 29.0 Å². The van der Waals surface area contributed by atoms with Gasteiger partial charge in [0.15, 0.2) is 12.6 Å². The number of sulfonamides is 1. The number of carboxylic acid groups (broad SMARTS) is 3. The Morgan fingerprint density at radius 2 is 0.984 bits per heavy atom. The number of phosphoric ester groups is 2. The Morgan fingerprint density at radius 3 is 1.50 bits per heavy atom. The first-order valence-electron chi connectivity index (χ1n) is 43.2. The lowest BCUT2D eigenvalue weighted by Crippen LogP contribution is -2.70. The average Bonchev–Trinajstić information content (AvgIpc) is 0.769. The number of carbonyl (C=O) groups excluding carboxylic acids is 7. The number of aliphatic hydroxyl groups is 4. The summed E-state index contributed by atoms with van der Waals surface area (Å²) in [6.07, 6.45) is 4.47. The standard InChI is InChI=1S/C87H137N9O30P2S/c1-50(2)26-17-27-51(3)28-18-29-52(4)30-19-31-53(5)32-20-33-54(6)34-21-35-55(7)36-22-37-56(8)46-47-120-127(114,115)126-128(116,117)125-87-74(92-62(14)100)78(77(70(49-98)123-87)124-86-73(91-61(13)99)76(103)75(102)69(48-97)122-86)121-60(12)81(106)88-58(10)80(105)94-66(84(110)111)44-45-72(101)93-65(82(107)89-57(9)79(104)90-59(11)83(108)109)40-25-41-67(85(112)113)95-129(118,119)71-43-24-38-63-64(71)39-23-42-68(63)96(15)16/h23-24,26,28,30,32,34,36,38-39,42-43,56-60,65-67,69-70,73-78,86-87,95,97-98,102-103H,17-22,25,27,29,31,33,35,37,40-41,44-49H2,1-16H3,(H,88,106)(H,89,107)(H,90,104)(H,91,99)(H,92,100)(H,93,101)(H,94,105)(H,108,109)(H,110,111)(H,112,113)(H,114,115)(H,116,117)/b51-28+,52-30+,53-32-,54-34-,55-36-/t56?,57-,58+,59-,60-,65-,66-,67+,69-,70-,73-,74-,75-,76-,77-,78-,86+,87-/m1/s1. The Hall–Kier alpha value is -8.51. The third-order valence-corrected chi connectivity index (χ3v) is 25.7. The number of anilines is 1. The van der Waals surface area contributed by atoms with Crippen LogP contribution in [0, 0.1) is 5.92 Å². The number of ether oxygens (including phenoxy) is 4. The van der Waals surface area contributed by atoms with Crippen molar-refractivity contribution in [2.45, 2.75) is 321 Å². The van der Waals surface area contributed by atoms with E-state index in [1.54, 1.807) is 37.2 Å². The number of rotatable bonds is 57. The molecule has 0 aromatic heterocycles. The molecule has 20 atom stereocenters. The van der Waals surface area contributed by atoms with Crippen molar-refractivity contribution >= 4 is 101 Å². The maximum atomic E-state index is 14.3. The smallest absolute Gasteiger partial charge is 0.480 e. The summed E-state index contributed by atoms with van der Waals surface area (Å²) in [5, 5.41) is 90.0. The first-order chi connectivity index (χ1) is 60.4. The molecular formula is C87H137N9O30P2S. The molecule has 0 saturated carbocycles. The molecule has 0 spiro atoms. The van der Waals surface area contributed by atoms with Gasteiger partial charge >= 0.3 is 33.6 Å². The first-order valence-corrected chi connectivity index (χ1v) is 47.6. The molecule has 2 aromatic rings. The fraction of sp³-hybridized carbons (Fsp3) is 0.632. The van der Waals surface area contributed by atoms with E-state index < -0.39 is 234 Å². The van der Waals surface area contributed by atoms with Crippen LogP contribution in [0.4, 0.5) is 5.69 Å². The van der Waals surface area contributed by atoms with Crippen molar-refractivity contribution in [2.24, 2.45) is 5.92 Å². The van der Waals surface area contributed by atoms with E-state index in [2.05, 4.69) is 120 Å². The highest BCUT2D eigenvalue weighted by atomic mass is 32.2. The van der Waals surface area contributed by atoms with Gasteiger partial charge in [-0.05, 0) is 203 Å². The number of allylic oxidation sites excluding steroid dienone is 12. The molecule has 726 valence electrons. The quantitative estimate of drug-likeness (QED) is 0.0229. The second kappa shape index (κ2) is 55.1. The van der Waals surface area contributed by atoms with Crippen molar-refractivity contribution in [3.63, 3.8) is 0 Å². The van der Waals surface area contributed by atoms with Crippen molar-refractivity contribution in [2.75, 3.05) is 38.8 Å². The molecule has 0 bridgehead atoms. The number of carboxylic acids is 3. The highest BCUT2D eigenvalue weighted by molar-refractivity contribution is 7.89. The number of hydrogen-bond donors (Lipinski definition) is 17. The van der Waals surface area contributed by atoms with Gasteiger partial charge < -0.3 is 107 Å². The second-order valence-electron chi connectivity index (χ2n) is 33.4. The number of carbonyl (C=O) groups is 10. The molecule has 17 N–H and O–H groups in total. The molecule has 4 rings (SSSR count). The SMILES string of the molecule is CC(=O)N[C@H]1[C@H](O[C@H]2[C@H](O[C@H](C)C(=O)N[C@@H](C)C(=O)N[C@H](CCC(=O)N[C@H](CCC[C@H](NS(=O)(=O)c3cccc4c(N(C)C)cccc34)C(=O)O)C(=O)N[C@H](C)C(=O)N[C@H](C)C(=O)O)C(=O)O)[C@@H](NC(C)=O)[C@@H](OP(=O)(O)OP(=O)(O)OCCC(C)CC/C=C(/C)CC/C=C(/C)CC/C=C(/C)CC/C=C(\C)CC/C=C(\C)CCC=C(C)C)O[C@@H]2CO)O[C@H](CO)[C@@H](O)[C@@H]1O. The highest BCUT2D eigenvalue weighted by Gasteiger charge is 2.56. The van der Waals surface area contributed by atoms with Crippen molar-refractivity contribution in [3.8, 4) is 0 Å². The van der Waals surface area contributed by atoms with Crippen molar-refractivity contribution in [1.29, 1.82) is 0 Å². The number of fused-ring (bicyclic) bond motifs is 1. The zero-order valence-corrected chi connectivity index (χ0v) is 79.1. The maximum absolute atomic E-state index is 14.3. The predicted molar refractivity (Wildman–Crippen MR) is 478 cm³/mol. The number of phosphoric acid groups is 2. The van der Waals surface area contributed by atoms with E-state index in [1.165, 1.54) is 58.6 Å². The zero-order chi connectivity index (χ0) is 97.0. The molecule has 2 fully saturated rings. The Morgan fingerprint density at radius 1 is 0.504 bits per heavy atom. The van der Waals surface area contributed by atoms with Crippen LogP contribution in [0.2, 0.25) is 0 Å². The topological polar surface area (TPSA) is 585 Å². The van der Waals surface area contributed by atoms with Crippen molar-refractivity contribution < 1.29 is 143 Å². The summed E-state index contributed by atoms with van der Waals surface area (Å²) in [6.45, 7) is 20.6. The van der Waals surface area contributed by atoms with Crippen LogP contribution in [0.3, 0.4) is 0 Å². The minimum atomic E-state index is -5.97. The van der Waals surface area contributed by atoms with Crippen molar-refractivity contribution in [3.05, 3.63) is 106 Å². The number of benzene rings is 2. The van der Waals surface area contributed by atoms with Gasteiger partial charge in [0.2, 0.25) is 51.4 Å². The Kier molecular flexibility index (Phi) is 48.2. The molecule has 2 aliphatic rings. The largest absolute Gasteiger partial charge is 0.483 e. The molecule has 42 heteroatoms. The zero-order valence-electron chi connectivity index (χ0n) is 76.5. The molecule has 39 nitrogen and oxygen atoms in total. The van der Waals surface area contributed by atoms with Crippen LogP contribution in [-0.4, -0.2) is 251 Å². The van der Waals surface area contributed by atoms with Crippen LogP contribution in [0.5, 0.6) is 0 Å². The van der Waals surface area contributed by atoms with Gasteiger partial charge in [-0.1, -0.05) is 101 Å². The van der Waals surface area contributed by atoms with E-state index >= 15 is 0 Å². The Labute approximate surface area is 755 Å². The van der Waals surface area contributed by atoms with E-state index in [1.807, 2.05) is 13.8 Å². The molecule has 129 heavy (non-hydrogen) atoms. The number of hydrogen-bond acceptors (Lipinski definition) is 26. The van der Waals surface area contributed by atoms with Crippen LogP contribution in [0.25, 0.3) is 10.8 Å². The summed E-state index contributed by atoms with van der Waals surface area (Å²) in [6, 6.07) is -4.53. The van der Waals surface area contributed by atoms with Crippen LogP contribution in [-0.2, 0) is 99.4 Å². The Bertz CT molecular complexity index is 4520. The van der Waals surface area contributed by atoms with E-state index in [0.29, 0.717) is 23.9 Å². The van der Waals surface area contributed by atoms with Gasteiger partial charge in [-0.2, -0.15) is 9.03 Å². The minimum Gasteiger partial charge on any atom is -0.480 e. The molecule has 2 heterocycles. The predicted octanol–water partition coefficient (Wildman–Crippen LogP) is 7.22. The molecule has 3 unspecified atom stereocenters. The molecule has 2 aliphatic heterocycles. The molecule has 2 saturated heterocycles. The van der Waals surface area contributed by atoms with Crippen LogP contribution in [0.1, 0.15) is 213 Å². The highest BCUT2D eigenvalue weighted by Crippen LogP contribution is 2.61. The number of amides is 7. The summed E-state index contributed by atoms with van der Waals surface area (Å²) >= 11 is 0. The summed E-state index contributed by atoms with van der Waals surface area (Å²) in [4.78, 5) is 155. The molecule has 0 radical (unpaired) electrons. The molecule has 2 aromatic carbocycles. The molecule has 7 amide bonds. The first kappa shape index (κ1) is 113.